The molecule has 0 aliphatic carbocycles. The van der Waals surface area contributed by atoms with Crippen molar-refractivity contribution >= 4 is 6.08 Å². The number of imidazole rings is 1. The molecule has 0 aliphatic rings. The molecule has 0 radical (unpaired) electrons. The van der Waals surface area contributed by atoms with E-state index in [1.807, 2.05) is 46.9 Å². The van der Waals surface area contributed by atoms with E-state index in [1.165, 1.54) is 0 Å². The molecule has 0 aliphatic heterocycles. The lowest BCUT2D eigenvalue weighted by atomic mass is 10.4. The Labute approximate surface area is 101 Å². The molecule has 0 unspecified atom stereocenters. The number of hydrogen-bond acceptors (Lipinski definition) is 1. The first kappa shape index (κ1) is 17.1. The molecule has 0 saturated carbocycles. The number of hydrogen-bond donors (Lipinski definition) is 0. The van der Waals surface area contributed by atoms with Gasteiger partial charge in [-0.2, -0.15) is 0 Å². The molecule has 0 atom stereocenters. The van der Waals surface area contributed by atoms with Gasteiger partial charge in [-0.3, -0.25) is 0 Å². The van der Waals surface area contributed by atoms with Crippen LogP contribution in [-0.4, -0.2) is 9.55 Å². The summed E-state index contributed by atoms with van der Waals surface area (Å²) in [4.78, 5) is 4.29. The Balaban J connectivity index is 0. The van der Waals surface area contributed by atoms with Gasteiger partial charge in [0.05, 0.1) is 5.69 Å². The van der Waals surface area contributed by atoms with Gasteiger partial charge < -0.3 is 4.57 Å². The Kier molecular flexibility index (Phi) is 12.6. The van der Waals surface area contributed by atoms with Crippen molar-refractivity contribution in [3.8, 4) is 0 Å². The van der Waals surface area contributed by atoms with Crippen LogP contribution in [-0.2, 0) is 6.54 Å². The largest absolute Gasteiger partial charge is 0.331 e. The summed E-state index contributed by atoms with van der Waals surface area (Å²) in [6, 6.07) is 0. The van der Waals surface area contributed by atoms with Gasteiger partial charge in [-0.25, -0.2) is 4.98 Å². The zero-order chi connectivity index (χ0) is 13.0. The summed E-state index contributed by atoms with van der Waals surface area (Å²) >= 11 is 0. The number of nitrogens with zero attached hydrogens (tertiary/aromatic N) is 2. The molecule has 2 heteroatoms. The fourth-order valence-electron chi connectivity index (χ4n) is 1.14. The monoisotopic (exact) mass is 222 g/mol. The van der Waals surface area contributed by atoms with E-state index in [0.717, 1.165) is 24.5 Å². The number of aromatic nitrogens is 2. The third-order valence-electron chi connectivity index (χ3n) is 1.68. The Hall–Kier alpha value is -1.31. The molecule has 1 aromatic rings. The molecular formula is C14H26N2. The minimum atomic E-state index is 0.936. The molecule has 0 spiro atoms. The van der Waals surface area contributed by atoms with E-state index in [2.05, 4.69) is 22.7 Å². The predicted molar refractivity (Wildman–Crippen MR) is 74.6 cm³/mol. The summed E-state index contributed by atoms with van der Waals surface area (Å²) in [6.07, 6.45) is 6.68. The van der Waals surface area contributed by atoms with Gasteiger partial charge >= 0.3 is 0 Å². The number of aryl methyl sites for hydroxylation is 2. The zero-order valence-corrected chi connectivity index (χ0v) is 11.5. The van der Waals surface area contributed by atoms with Crippen LogP contribution in [0, 0.1) is 6.92 Å². The van der Waals surface area contributed by atoms with Crippen molar-refractivity contribution in [3.63, 3.8) is 0 Å². The molecular weight excluding hydrogens is 196 g/mol. The number of rotatable bonds is 4. The summed E-state index contributed by atoms with van der Waals surface area (Å²) in [6.45, 7) is 18.3. The average molecular weight is 222 g/mol. The SMILES string of the molecule is C=CCCn1cc(C)nc1C=C.CC.CC. The van der Waals surface area contributed by atoms with Gasteiger partial charge in [-0.05, 0) is 19.4 Å². The van der Waals surface area contributed by atoms with Crippen molar-refractivity contribution in [2.24, 2.45) is 0 Å². The second-order valence-corrected chi connectivity index (χ2v) is 2.72. The fourth-order valence-corrected chi connectivity index (χ4v) is 1.14. The highest BCUT2D eigenvalue weighted by atomic mass is 15.1. The molecule has 2 nitrogen and oxygen atoms in total. The highest BCUT2D eigenvalue weighted by Crippen LogP contribution is 2.04. The van der Waals surface area contributed by atoms with Gasteiger partial charge in [-0.15, -0.1) is 6.58 Å². The summed E-state index contributed by atoms with van der Waals surface area (Å²) in [5.41, 5.74) is 1.04. The average Bonchev–Trinajstić information content (AvgIpc) is 2.72. The third kappa shape index (κ3) is 6.23. The second-order valence-electron chi connectivity index (χ2n) is 2.72. The van der Waals surface area contributed by atoms with Crippen molar-refractivity contribution < 1.29 is 0 Å². The van der Waals surface area contributed by atoms with Crippen molar-refractivity contribution in [2.75, 3.05) is 0 Å². The lowest BCUT2D eigenvalue weighted by Gasteiger charge is -2.00. The van der Waals surface area contributed by atoms with Crippen LogP contribution in [0.5, 0.6) is 0 Å². The summed E-state index contributed by atoms with van der Waals surface area (Å²) in [7, 11) is 0. The molecule has 0 aromatic carbocycles. The Morgan fingerprint density at radius 3 is 2.25 bits per heavy atom. The maximum absolute atomic E-state index is 4.29. The van der Waals surface area contributed by atoms with Crippen LogP contribution in [0.4, 0.5) is 0 Å². The lowest BCUT2D eigenvalue weighted by molar-refractivity contribution is 0.702. The smallest absolute Gasteiger partial charge is 0.132 e. The van der Waals surface area contributed by atoms with E-state index >= 15 is 0 Å². The molecule has 0 N–H and O–H groups in total. The number of allylic oxidation sites excluding steroid dienone is 1. The maximum Gasteiger partial charge on any atom is 0.132 e. The van der Waals surface area contributed by atoms with Crippen molar-refractivity contribution in [1.29, 1.82) is 0 Å². The van der Waals surface area contributed by atoms with Crippen LogP contribution in [0.1, 0.15) is 45.6 Å². The maximum atomic E-state index is 4.29. The Morgan fingerprint density at radius 2 is 1.81 bits per heavy atom. The fraction of sp³-hybridized carbons (Fsp3) is 0.500. The van der Waals surface area contributed by atoms with E-state index in [-0.39, 0.29) is 0 Å². The van der Waals surface area contributed by atoms with Crippen molar-refractivity contribution in [3.05, 3.63) is 36.9 Å². The lowest BCUT2D eigenvalue weighted by Crippen LogP contribution is -1.97. The first-order chi connectivity index (χ1) is 7.77. The Bertz CT molecular complexity index is 285. The molecule has 0 fully saturated rings. The molecule has 0 saturated heterocycles. The minimum absolute atomic E-state index is 0.936. The molecule has 1 heterocycles. The van der Waals surface area contributed by atoms with Crippen LogP contribution in [0.3, 0.4) is 0 Å². The van der Waals surface area contributed by atoms with E-state index in [0.29, 0.717) is 0 Å². The van der Waals surface area contributed by atoms with Gasteiger partial charge in [-0.1, -0.05) is 40.3 Å². The summed E-state index contributed by atoms with van der Waals surface area (Å²) in [5.74, 6) is 0.939. The van der Waals surface area contributed by atoms with Crippen LogP contribution < -0.4 is 0 Å². The Morgan fingerprint density at radius 1 is 1.25 bits per heavy atom. The van der Waals surface area contributed by atoms with E-state index in [9.17, 15) is 0 Å². The van der Waals surface area contributed by atoms with Gasteiger partial charge in [0.15, 0.2) is 0 Å². The van der Waals surface area contributed by atoms with Crippen LogP contribution >= 0.6 is 0 Å². The summed E-state index contributed by atoms with van der Waals surface area (Å²) in [5, 5.41) is 0. The zero-order valence-electron chi connectivity index (χ0n) is 11.5. The standard InChI is InChI=1S/C10H14N2.2C2H6/c1-4-6-7-12-8-9(3)11-10(12)5-2;2*1-2/h4-5,8H,1-2,6-7H2,3H3;2*1-2H3. The highest BCUT2D eigenvalue weighted by molar-refractivity contribution is 5.37. The highest BCUT2D eigenvalue weighted by Gasteiger charge is 1.99. The van der Waals surface area contributed by atoms with Crippen molar-refractivity contribution in [1.82, 2.24) is 9.55 Å². The third-order valence-corrected chi connectivity index (χ3v) is 1.68. The second kappa shape index (κ2) is 11.8. The van der Waals surface area contributed by atoms with Crippen LogP contribution in [0.15, 0.2) is 25.4 Å². The van der Waals surface area contributed by atoms with Crippen molar-refractivity contribution in [2.45, 2.75) is 47.6 Å². The van der Waals surface area contributed by atoms with Gasteiger partial charge in [0.1, 0.15) is 5.82 Å². The van der Waals surface area contributed by atoms with Crippen LogP contribution in [0.2, 0.25) is 0 Å². The van der Waals surface area contributed by atoms with E-state index < -0.39 is 0 Å². The molecule has 0 bridgehead atoms. The molecule has 1 rings (SSSR count). The topological polar surface area (TPSA) is 17.8 Å². The van der Waals surface area contributed by atoms with E-state index in [4.69, 9.17) is 0 Å². The van der Waals surface area contributed by atoms with Crippen LogP contribution in [0.25, 0.3) is 6.08 Å². The van der Waals surface area contributed by atoms with Gasteiger partial charge in [0.2, 0.25) is 0 Å². The first-order valence-electron chi connectivity index (χ1n) is 6.05. The molecule has 0 amide bonds. The first-order valence-corrected chi connectivity index (χ1v) is 6.05. The predicted octanol–water partition coefficient (Wildman–Crippen LogP) is 4.46. The van der Waals surface area contributed by atoms with Gasteiger partial charge in [0, 0.05) is 12.7 Å². The normalized spacial score (nSPS) is 8.06. The minimum Gasteiger partial charge on any atom is -0.331 e. The molecule has 16 heavy (non-hydrogen) atoms. The van der Waals surface area contributed by atoms with E-state index in [1.54, 1.807) is 6.08 Å². The quantitative estimate of drug-likeness (QED) is 0.688. The molecule has 1 aromatic heterocycles. The molecule has 92 valence electrons. The summed E-state index contributed by atoms with van der Waals surface area (Å²) < 4.78 is 2.09. The van der Waals surface area contributed by atoms with Gasteiger partial charge in [0.25, 0.3) is 0 Å².